The lowest BCUT2D eigenvalue weighted by Gasteiger charge is -2.16. The Labute approximate surface area is 119 Å². The highest BCUT2D eigenvalue weighted by Crippen LogP contribution is 2.13. The molecule has 0 saturated heterocycles. The van der Waals surface area contributed by atoms with Crippen molar-refractivity contribution in [3.63, 3.8) is 0 Å². The first-order chi connectivity index (χ1) is 9.42. The zero-order valence-corrected chi connectivity index (χ0v) is 12.5. The molecule has 20 heavy (non-hydrogen) atoms. The van der Waals surface area contributed by atoms with Gasteiger partial charge >= 0.3 is 0 Å². The molecule has 0 aromatic heterocycles. The molecule has 5 nitrogen and oxygen atoms in total. The van der Waals surface area contributed by atoms with Crippen LogP contribution < -0.4 is 10.1 Å². The molecule has 5 heteroatoms. The number of nitrogens with zero attached hydrogens (tertiary/aromatic N) is 1. The number of methoxy groups -OCH3 is 1. The number of likely N-dealkylation sites (N-methyl/N-ethyl adjacent to an activating group) is 1. The summed E-state index contributed by atoms with van der Waals surface area (Å²) in [6.07, 6.45) is 0. The summed E-state index contributed by atoms with van der Waals surface area (Å²) in [5.74, 6) is 0.528. The minimum Gasteiger partial charge on any atom is -0.497 e. The van der Waals surface area contributed by atoms with Gasteiger partial charge in [0.15, 0.2) is 5.78 Å². The van der Waals surface area contributed by atoms with Gasteiger partial charge in [0.2, 0.25) is 5.91 Å². The molecule has 0 fully saturated rings. The van der Waals surface area contributed by atoms with Crippen LogP contribution in [0, 0.1) is 0 Å². The van der Waals surface area contributed by atoms with E-state index < -0.39 is 0 Å². The summed E-state index contributed by atoms with van der Waals surface area (Å²) in [6, 6.07) is 7.11. The minimum absolute atomic E-state index is 0.0382. The van der Waals surface area contributed by atoms with Crippen molar-refractivity contribution >= 4 is 11.7 Å². The number of ketones is 1. The van der Waals surface area contributed by atoms with Crippen LogP contribution in [0.1, 0.15) is 24.2 Å². The number of carbonyl (C=O) groups excluding carboxylic acids is 2. The van der Waals surface area contributed by atoms with Gasteiger partial charge in [-0.2, -0.15) is 0 Å². The molecule has 0 atom stereocenters. The van der Waals surface area contributed by atoms with Crippen molar-refractivity contribution in [1.82, 2.24) is 10.2 Å². The third kappa shape index (κ3) is 5.40. The number of amides is 1. The summed E-state index contributed by atoms with van der Waals surface area (Å²) >= 11 is 0. The summed E-state index contributed by atoms with van der Waals surface area (Å²) in [5.41, 5.74) is 0.584. The molecule has 0 spiro atoms. The summed E-state index contributed by atoms with van der Waals surface area (Å²) in [5, 5.41) is 2.79. The molecule has 1 aromatic rings. The molecule has 110 valence electrons. The fourth-order valence-electron chi connectivity index (χ4n) is 1.80. The molecule has 0 heterocycles. The van der Waals surface area contributed by atoms with E-state index in [0.717, 1.165) is 0 Å². The quantitative estimate of drug-likeness (QED) is 0.765. The van der Waals surface area contributed by atoms with Gasteiger partial charge in [0.1, 0.15) is 5.75 Å². The Morgan fingerprint density at radius 1 is 1.30 bits per heavy atom. The highest BCUT2D eigenvalue weighted by Gasteiger charge is 2.13. The van der Waals surface area contributed by atoms with E-state index in [-0.39, 0.29) is 30.8 Å². The van der Waals surface area contributed by atoms with E-state index in [1.54, 1.807) is 43.3 Å². The number of ether oxygens (including phenoxy) is 1. The second kappa shape index (κ2) is 7.65. The maximum atomic E-state index is 12.1. The smallest absolute Gasteiger partial charge is 0.234 e. The van der Waals surface area contributed by atoms with Gasteiger partial charge in [-0.1, -0.05) is 12.1 Å². The SMILES string of the molecule is COc1cccc(C(=O)CN(C)CC(=O)NC(C)C)c1. The van der Waals surface area contributed by atoms with E-state index in [4.69, 9.17) is 4.74 Å². The van der Waals surface area contributed by atoms with Crippen molar-refractivity contribution in [3.8, 4) is 5.75 Å². The Bertz CT molecular complexity index is 472. The lowest BCUT2D eigenvalue weighted by molar-refractivity contribution is -0.122. The van der Waals surface area contributed by atoms with E-state index in [0.29, 0.717) is 11.3 Å². The van der Waals surface area contributed by atoms with Gasteiger partial charge in [-0.3, -0.25) is 14.5 Å². The zero-order chi connectivity index (χ0) is 15.1. The Kier molecular flexibility index (Phi) is 6.18. The van der Waals surface area contributed by atoms with Gasteiger partial charge in [0.25, 0.3) is 0 Å². The number of benzene rings is 1. The zero-order valence-electron chi connectivity index (χ0n) is 12.5. The van der Waals surface area contributed by atoms with Gasteiger partial charge in [-0.15, -0.1) is 0 Å². The van der Waals surface area contributed by atoms with Crippen molar-refractivity contribution in [2.45, 2.75) is 19.9 Å². The average Bonchev–Trinajstić information content (AvgIpc) is 2.37. The van der Waals surface area contributed by atoms with E-state index in [9.17, 15) is 9.59 Å². The van der Waals surface area contributed by atoms with Gasteiger partial charge in [-0.05, 0) is 33.0 Å². The monoisotopic (exact) mass is 278 g/mol. The molecule has 0 saturated carbocycles. The maximum absolute atomic E-state index is 12.1. The molecular formula is C15H22N2O3. The van der Waals surface area contributed by atoms with Crippen molar-refractivity contribution < 1.29 is 14.3 Å². The number of Topliss-reactive ketones (excluding diaryl/α,β-unsaturated/α-hetero) is 1. The van der Waals surface area contributed by atoms with Crippen LogP contribution in [0.25, 0.3) is 0 Å². The molecular weight excluding hydrogens is 256 g/mol. The van der Waals surface area contributed by atoms with E-state index in [2.05, 4.69) is 5.32 Å². The molecule has 1 rings (SSSR count). The van der Waals surface area contributed by atoms with Crippen molar-refractivity contribution in [3.05, 3.63) is 29.8 Å². The minimum atomic E-state index is -0.0825. The summed E-state index contributed by atoms with van der Waals surface area (Å²) in [6.45, 7) is 4.20. The molecule has 0 aliphatic carbocycles. The first kappa shape index (κ1) is 16.2. The summed E-state index contributed by atoms with van der Waals surface area (Å²) in [4.78, 5) is 25.4. The molecule has 0 aliphatic heterocycles. The Balaban J connectivity index is 2.54. The van der Waals surface area contributed by atoms with Crippen LogP contribution in [-0.2, 0) is 4.79 Å². The van der Waals surface area contributed by atoms with Crippen LogP contribution in [0.2, 0.25) is 0 Å². The fourth-order valence-corrected chi connectivity index (χ4v) is 1.80. The molecule has 1 aromatic carbocycles. The van der Waals surface area contributed by atoms with Gasteiger partial charge < -0.3 is 10.1 Å². The Hall–Kier alpha value is -1.88. The topological polar surface area (TPSA) is 58.6 Å². The molecule has 0 unspecified atom stereocenters. The molecule has 0 bridgehead atoms. The number of hydrogen-bond donors (Lipinski definition) is 1. The third-order valence-corrected chi connectivity index (χ3v) is 2.67. The van der Waals surface area contributed by atoms with Crippen molar-refractivity contribution in [2.75, 3.05) is 27.2 Å². The lowest BCUT2D eigenvalue weighted by atomic mass is 10.1. The highest BCUT2D eigenvalue weighted by molar-refractivity contribution is 5.98. The van der Waals surface area contributed by atoms with Crippen LogP contribution in [0.4, 0.5) is 0 Å². The normalized spacial score (nSPS) is 10.7. The predicted molar refractivity (Wildman–Crippen MR) is 78.1 cm³/mol. The number of hydrogen-bond acceptors (Lipinski definition) is 4. The molecule has 1 amide bonds. The number of carbonyl (C=O) groups is 2. The molecule has 1 N–H and O–H groups in total. The lowest BCUT2D eigenvalue weighted by Crippen LogP contribution is -2.40. The average molecular weight is 278 g/mol. The number of rotatable bonds is 7. The molecule has 0 aliphatic rings. The third-order valence-electron chi connectivity index (χ3n) is 2.67. The first-order valence-electron chi connectivity index (χ1n) is 6.57. The standard InChI is InChI=1S/C15H22N2O3/c1-11(2)16-15(19)10-17(3)9-14(18)12-6-5-7-13(8-12)20-4/h5-8,11H,9-10H2,1-4H3,(H,16,19). The Morgan fingerprint density at radius 2 is 2.00 bits per heavy atom. The maximum Gasteiger partial charge on any atom is 0.234 e. The second-order valence-electron chi connectivity index (χ2n) is 5.05. The Morgan fingerprint density at radius 3 is 2.60 bits per heavy atom. The van der Waals surface area contributed by atoms with Gasteiger partial charge in [-0.25, -0.2) is 0 Å². The summed E-state index contributed by atoms with van der Waals surface area (Å²) in [7, 11) is 3.31. The summed E-state index contributed by atoms with van der Waals surface area (Å²) < 4.78 is 5.09. The van der Waals surface area contributed by atoms with E-state index in [1.807, 2.05) is 13.8 Å². The van der Waals surface area contributed by atoms with Crippen molar-refractivity contribution in [1.29, 1.82) is 0 Å². The largest absolute Gasteiger partial charge is 0.497 e. The van der Waals surface area contributed by atoms with Crippen LogP contribution in [0.3, 0.4) is 0 Å². The second-order valence-corrected chi connectivity index (χ2v) is 5.05. The van der Waals surface area contributed by atoms with Gasteiger partial charge in [0.05, 0.1) is 20.2 Å². The van der Waals surface area contributed by atoms with Crippen LogP contribution in [0.5, 0.6) is 5.75 Å². The van der Waals surface area contributed by atoms with E-state index in [1.165, 1.54) is 0 Å². The first-order valence-corrected chi connectivity index (χ1v) is 6.57. The van der Waals surface area contributed by atoms with Crippen molar-refractivity contribution in [2.24, 2.45) is 0 Å². The van der Waals surface area contributed by atoms with Gasteiger partial charge in [0, 0.05) is 11.6 Å². The number of nitrogens with one attached hydrogen (secondary N) is 1. The van der Waals surface area contributed by atoms with E-state index >= 15 is 0 Å². The molecule has 0 radical (unpaired) electrons. The van der Waals surface area contributed by atoms with Crippen LogP contribution in [-0.4, -0.2) is 49.9 Å². The highest BCUT2D eigenvalue weighted by atomic mass is 16.5. The van der Waals surface area contributed by atoms with Crippen LogP contribution in [0.15, 0.2) is 24.3 Å². The fraction of sp³-hybridized carbons (Fsp3) is 0.467. The predicted octanol–water partition coefficient (Wildman–Crippen LogP) is 1.33. The van der Waals surface area contributed by atoms with Crippen LogP contribution >= 0.6 is 0 Å².